The van der Waals surface area contributed by atoms with Gasteiger partial charge in [-0.05, 0) is 31.4 Å². The third-order valence-corrected chi connectivity index (χ3v) is 6.21. The lowest BCUT2D eigenvalue weighted by Crippen LogP contribution is -2.34. The smallest absolute Gasteiger partial charge is 0.266 e. The minimum Gasteiger partial charge on any atom is -0.398 e. The van der Waals surface area contributed by atoms with Crippen LogP contribution in [-0.2, 0) is 14.8 Å². The van der Waals surface area contributed by atoms with Crippen molar-refractivity contribution in [2.45, 2.75) is 31.6 Å². The molecule has 0 radical (unpaired) electrons. The number of benzene rings is 1. The Morgan fingerprint density at radius 1 is 1.20 bits per heavy atom. The van der Waals surface area contributed by atoms with Crippen LogP contribution in [0.15, 0.2) is 36.9 Å². The molecule has 0 aliphatic carbocycles. The molecule has 12 heteroatoms. The lowest BCUT2D eigenvalue weighted by Gasteiger charge is -2.15. The standard InChI is InChI=1S/C18H21N7O4S/c19-13-4-2-1-3-12(13)18(26)24-30(27,28)8-7-11-5-6-14(29-11)25-10-23-15-16(20)21-9-22-17(15)25/h1-4,9-11,14H,5-8,19H2,(H,24,26)(H2,20,21,22)/t11-,14+/m0/s1. The number of carbonyl (C=O) groups excluding carboxylic acids is 1. The summed E-state index contributed by atoms with van der Waals surface area (Å²) in [6, 6.07) is 6.28. The van der Waals surface area contributed by atoms with Gasteiger partial charge in [-0.25, -0.2) is 28.1 Å². The summed E-state index contributed by atoms with van der Waals surface area (Å²) in [6.07, 6.45) is 3.93. The predicted octanol–water partition coefficient (Wildman–Crippen LogP) is 0.818. The van der Waals surface area contributed by atoms with E-state index in [0.717, 1.165) is 0 Å². The number of nitrogen functional groups attached to an aromatic ring is 2. The van der Waals surface area contributed by atoms with Gasteiger partial charge in [0.15, 0.2) is 11.5 Å². The molecular formula is C18H21N7O4S. The number of nitrogens with one attached hydrogen (secondary N) is 1. The summed E-state index contributed by atoms with van der Waals surface area (Å²) in [4.78, 5) is 24.5. The second-order valence-corrected chi connectivity index (χ2v) is 8.84. The Bertz CT molecular complexity index is 1190. The van der Waals surface area contributed by atoms with Crippen LogP contribution in [0, 0.1) is 0 Å². The number of imidazole rings is 1. The van der Waals surface area contributed by atoms with Crippen LogP contribution < -0.4 is 16.2 Å². The van der Waals surface area contributed by atoms with Gasteiger partial charge in [0.2, 0.25) is 10.0 Å². The van der Waals surface area contributed by atoms with Crippen LogP contribution >= 0.6 is 0 Å². The zero-order valence-electron chi connectivity index (χ0n) is 15.9. The largest absolute Gasteiger partial charge is 0.398 e. The van der Waals surface area contributed by atoms with Gasteiger partial charge in [-0.2, -0.15) is 0 Å². The summed E-state index contributed by atoms with van der Waals surface area (Å²) in [5, 5.41) is 0. The van der Waals surface area contributed by atoms with Crippen molar-refractivity contribution in [3.63, 3.8) is 0 Å². The van der Waals surface area contributed by atoms with E-state index in [2.05, 4.69) is 19.7 Å². The molecule has 30 heavy (non-hydrogen) atoms. The highest BCUT2D eigenvalue weighted by molar-refractivity contribution is 7.90. The van der Waals surface area contributed by atoms with Crippen LogP contribution in [0.25, 0.3) is 11.2 Å². The van der Waals surface area contributed by atoms with Crippen LogP contribution in [0.3, 0.4) is 0 Å². The zero-order valence-corrected chi connectivity index (χ0v) is 16.7. The average Bonchev–Trinajstić information content (AvgIpc) is 3.34. The average molecular weight is 431 g/mol. The van der Waals surface area contributed by atoms with E-state index in [4.69, 9.17) is 16.2 Å². The minimum atomic E-state index is -3.84. The second-order valence-electron chi connectivity index (χ2n) is 7.00. The number of fused-ring (bicyclic) bond motifs is 1. The molecule has 0 bridgehead atoms. The number of anilines is 2. The number of hydrogen-bond donors (Lipinski definition) is 3. The predicted molar refractivity (Wildman–Crippen MR) is 110 cm³/mol. The van der Waals surface area contributed by atoms with Crippen molar-refractivity contribution in [2.24, 2.45) is 0 Å². The van der Waals surface area contributed by atoms with Gasteiger partial charge in [-0.15, -0.1) is 0 Å². The third-order valence-electron chi connectivity index (χ3n) is 4.94. The summed E-state index contributed by atoms with van der Waals surface area (Å²) in [7, 11) is -3.84. The molecule has 5 N–H and O–H groups in total. The van der Waals surface area contributed by atoms with Crippen LogP contribution in [-0.4, -0.2) is 45.7 Å². The van der Waals surface area contributed by atoms with Crippen LogP contribution in [0.2, 0.25) is 0 Å². The minimum absolute atomic E-state index is 0.117. The van der Waals surface area contributed by atoms with Crippen LogP contribution in [0.5, 0.6) is 0 Å². The van der Waals surface area contributed by atoms with E-state index in [0.29, 0.717) is 24.0 Å². The van der Waals surface area contributed by atoms with Crippen molar-refractivity contribution in [1.82, 2.24) is 24.2 Å². The van der Waals surface area contributed by atoms with Gasteiger partial charge in [0, 0.05) is 5.69 Å². The number of ether oxygens (including phenoxy) is 1. The van der Waals surface area contributed by atoms with Gasteiger partial charge in [0.25, 0.3) is 5.91 Å². The molecule has 3 aromatic rings. The number of rotatable bonds is 6. The summed E-state index contributed by atoms with van der Waals surface area (Å²) >= 11 is 0. The SMILES string of the molecule is Nc1ccccc1C(=O)NS(=O)(=O)CC[C@@H]1CC[C@H](n2cnc3c(N)ncnc32)O1. The molecule has 11 nitrogen and oxygen atoms in total. The monoisotopic (exact) mass is 431 g/mol. The first kappa shape index (κ1) is 20.0. The van der Waals surface area contributed by atoms with E-state index in [1.54, 1.807) is 23.0 Å². The van der Waals surface area contributed by atoms with E-state index in [9.17, 15) is 13.2 Å². The summed E-state index contributed by atoms with van der Waals surface area (Å²) < 4.78 is 34.5. The van der Waals surface area contributed by atoms with Gasteiger partial charge in [0.05, 0.1) is 23.7 Å². The Kier molecular flexibility index (Phi) is 5.26. The van der Waals surface area contributed by atoms with Crippen LogP contribution in [0.1, 0.15) is 35.8 Å². The van der Waals surface area contributed by atoms with Crippen molar-refractivity contribution in [1.29, 1.82) is 0 Å². The van der Waals surface area contributed by atoms with E-state index in [1.165, 1.54) is 18.5 Å². The van der Waals surface area contributed by atoms with E-state index < -0.39 is 15.9 Å². The normalized spacial score (nSPS) is 19.2. The Labute approximate surface area is 172 Å². The van der Waals surface area contributed by atoms with Crippen molar-refractivity contribution in [2.75, 3.05) is 17.2 Å². The highest BCUT2D eigenvalue weighted by Gasteiger charge is 2.29. The Balaban J connectivity index is 1.36. The number of para-hydroxylation sites is 1. The number of nitrogens with zero attached hydrogens (tertiary/aromatic N) is 4. The molecule has 1 amide bonds. The van der Waals surface area contributed by atoms with Crippen molar-refractivity contribution >= 4 is 38.6 Å². The maximum Gasteiger partial charge on any atom is 0.266 e. The first-order valence-corrected chi connectivity index (χ1v) is 11.0. The van der Waals surface area contributed by atoms with Crippen LogP contribution in [0.4, 0.5) is 11.5 Å². The molecule has 0 unspecified atom stereocenters. The number of sulfonamides is 1. The molecule has 1 saturated heterocycles. The molecule has 1 fully saturated rings. The van der Waals surface area contributed by atoms with Crippen molar-refractivity contribution in [3.8, 4) is 0 Å². The lowest BCUT2D eigenvalue weighted by atomic mass is 10.2. The molecule has 3 heterocycles. The highest BCUT2D eigenvalue weighted by atomic mass is 32.2. The number of nitrogens with two attached hydrogens (primary N) is 2. The quantitative estimate of drug-likeness (QED) is 0.478. The van der Waals surface area contributed by atoms with Crippen molar-refractivity contribution < 1.29 is 17.9 Å². The molecule has 158 valence electrons. The van der Waals surface area contributed by atoms with E-state index in [1.807, 2.05) is 0 Å². The lowest BCUT2D eigenvalue weighted by molar-refractivity contribution is 0.00320. The number of aromatic nitrogens is 4. The van der Waals surface area contributed by atoms with Gasteiger partial charge in [-0.1, -0.05) is 12.1 Å². The molecule has 1 aliphatic heterocycles. The Hall–Kier alpha value is -3.25. The molecule has 1 aliphatic rings. The maximum atomic E-state index is 12.3. The molecule has 0 spiro atoms. The number of carbonyl (C=O) groups is 1. The van der Waals surface area contributed by atoms with Gasteiger partial charge in [0.1, 0.15) is 18.1 Å². The topological polar surface area (TPSA) is 168 Å². The molecular weight excluding hydrogens is 410 g/mol. The summed E-state index contributed by atoms with van der Waals surface area (Å²) in [6.45, 7) is 0. The van der Waals surface area contributed by atoms with E-state index in [-0.39, 0.29) is 41.6 Å². The molecule has 4 rings (SSSR count). The summed E-state index contributed by atoms with van der Waals surface area (Å²) in [5.74, 6) is -0.711. The van der Waals surface area contributed by atoms with E-state index >= 15 is 0 Å². The Morgan fingerprint density at radius 3 is 2.80 bits per heavy atom. The maximum absolute atomic E-state index is 12.3. The fourth-order valence-electron chi connectivity index (χ4n) is 3.42. The summed E-state index contributed by atoms with van der Waals surface area (Å²) in [5.41, 5.74) is 12.9. The number of amides is 1. The molecule has 1 aromatic carbocycles. The first-order chi connectivity index (χ1) is 14.3. The third kappa shape index (κ3) is 4.04. The van der Waals surface area contributed by atoms with Gasteiger partial charge >= 0.3 is 0 Å². The molecule has 2 aromatic heterocycles. The highest BCUT2D eigenvalue weighted by Crippen LogP contribution is 2.32. The second kappa shape index (κ2) is 7.88. The first-order valence-electron chi connectivity index (χ1n) is 9.32. The molecule has 0 saturated carbocycles. The molecule has 2 atom stereocenters. The zero-order chi connectivity index (χ0) is 21.3. The fourth-order valence-corrected chi connectivity index (χ4v) is 4.49. The Morgan fingerprint density at radius 2 is 2.00 bits per heavy atom. The van der Waals surface area contributed by atoms with Gasteiger partial charge < -0.3 is 16.2 Å². The van der Waals surface area contributed by atoms with Gasteiger partial charge in [-0.3, -0.25) is 9.36 Å². The number of hydrogen-bond acceptors (Lipinski definition) is 9. The fraction of sp³-hybridized carbons (Fsp3) is 0.333. The van der Waals surface area contributed by atoms with Crippen molar-refractivity contribution in [3.05, 3.63) is 42.5 Å².